The van der Waals surface area contributed by atoms with Crippen molar-refractivity contribution in [1.29, 1.82) is 0 Å². The fourth-order valence-electron chi connectivity index (χ4n) is 4.82. The lowest BCUT2D eigenvalue weighted by atomic mass is 10.1. The maximum absolute atomic E-state index is 12.1. The monoisotopic (exact) mass is 511 g/mol. The molecule has 4 nitrogen and oxygen atoms in total. The highest BCUT2D eigenvalue weighted by Gasteiger charge is 2.14. The van der Waals surface area contributed by atoms with Crippen LogP contribution in [0.5, 0.6) is 0 Å². The van der Waals surface area contributed by atoms with Gasteiger partial charge in [0, 0.05) is 0 Å². The molecule has 0 aromatic heterocycles. The van der Waals surface area contributed by atoms with Gasteiger partial charge in [0.05, 0.1) is 6.61 Å². The zero-order valence-electron chi connectivity index (χ0n) is 24.8. The van der Waals surface area contributed by atoms with Crippen LogP contribution in [0.3, 0.4) is 0 Å². The van der Waals surface area contributed by atoms with Gasteiger partial charge in [-0.2, -0.15) is 0 Å². The fraction of sp³-hybridized carbons (Fsp3) is 0.969. The van der Waals surface area contributed by atoms with E-state index in [1.807, 2.05) is 0 Å². The Morgan fingerprint density at radius 3 is 1.36 bits per heavy atom. The minimum absolute atomic E-state index is 0.212. The van der Waals surface area contributed by atoms with Crippen molar-refractivity contribution in [3.63, 3.8) is 0 Å². The van der Waals surface area contributed by atoms with Crippen molar-refractivity contribution in [2.24, 2.45) is 5.73 Å². The molecule has 3 N–H and O–H groups in total. The van der Waals surface area contributed by atoms with Gasteiger partial charge >= 0.3 is 5.97 Å². The van der Waals surface area contributed by atoms with Crippen LogP contribution < -0.4 is 11.1 Å². The largest absolute Gasteiger partial charge is 0.465 e. The van der Waals surface area contributed by atoms with Crippen LogP contribution in [0.25, 0.3) is 0 Å². The molecule has 0 aliphatic rings. The summed E-state index contributed by atoms with van der Waals surface area (Å²) in [6, 6.07) is -0.454. The molecule has 0 aromatic carbocycles. The molecule has 0 saturated heterocycles. The number of nitrogens with one attached hydrogen (secondary N) is 1. The van der Waals surface area contributed by atoms with Crippen molar-refractivity contribution in [2.45, 2.75) is 180 Å². The predicted octanol–water partition coefficient (Wildman–Crippen LogP) is 9.24. The number of carbonyl (C=O) groups is 1. The lowest BCUT2D eigenvalue weighted by Crippen LogP contribution is -2.32. The van der Waals surface area contributed by atoms with E-state index < -0.39 is 6.04 Å². The third-order valence-electron chi connectivity index (χ3n) is 7.37. The van der Waals surface area contributed by atoms with E-state index in [9.17, 15) is 4.79 Å². The molecule has 216 valence electrons. The molecule has 0 saturated carbocycles. The molecule has 4 heteroatoms. The van der Waals surface area contributed by atoms with E-state index >= 15 is 0 Å². The van der Waals surface area contributed by atoms with Crippen LogP contribution in [-0.2, 0) is 9.53 Å². The SMILES string of the molecule is CCCCCCCCCCCCCCOC(=O)C(N)CCCCNCCCCCCCCCCCC. The first-order chi connectivity index (χ1) is 17.7. The van der Waals surface area contributed by atoms with Crippen LogP contribution in [0.15, 0.2) is 0 Å². The molecule has 0 bridgehead atoms. The van der Waals surface area contributed by atoms with E-state index in [4.69, 9.17) is 10.5 Å². The molecular weight excluding hydrogens is 444 g/mol. The summed E-state index contributed by atoms with van der Waals surface area (Å²) in [5.41, 5.74) is 6.02. The first kappa shape index (κ1) is 35.4. The number of unbranched alkanes of at least 4 members (excludes halogenated alkanes) is 21. The third kappa shape index (κ3) is 28.0. The van der Waals surface area contributed by atoms with Gasteiger partial charge in [0.15, 0.2) is 0 Å². The van der Waals surface area contributed by atoms with Crippen LogP contribution in [0.2, 0.25) is 0 Å². The quantitative estimate of drug-likeness (QED) is 0.0746. The van der Waals surface area contributed by atoms with E-state index in [2.05, 4.69) is 19.2 Å². The number of esters is 1. The molecule has 0 amide bonds. The van der Waals surface area contributed by atoms with Crippen molar-refractivity contribution < 1.29 is 9.53 Å². The summed E-state index contributed by atoms with van der Waals surface area (Å²) in [5, 5.41) is 3.54. The van der Waals surface area contributed by atoms with Crippen LogP contribution in [0, 0.1) is 0 Å². The molecule has 0 fully saturated rings. The zero-order chi connectivity index (χ0) is 26.4. The van der Waals surface area contributed by atoms with Gasteiger partial charge in [-0.15, -0.1) is 0 Å². The smallest absolute Gasteiger partial charge is 0.322 e. The molecule has 0 aliphatic carbocycles. The summed E-state index contributed by atoms with van der Waals surface area (Å²) in [6.45, 7) is 7.22. The van der Waals surface area contributed by atoms with Gasteiger partial charge in [-0.05, 0) is 38.8 Å². The Hall–Kier alpha value is -0.610. The summed E-state index contributed by atoms with van der Waals surface area (Å²) in [7, 11) is 0. The molecule has 0 heterocycles. The molecule has 1 atom stereocenters. The van der Waals surface area contributed by atoms with Crippen molar-refractivity contribution in [1.82, 2.24) is 5.32 Å². The molecule has 0 radical (unpaired) electrons. The molecule has 0 rings (SSSR count). The Morgan fingerprint density at radius 1 is 0.556 bits per heavy atom. The first-order valence-electron chi connectivity index (χ1n) is 16.3. The second-order valence-electron chi connectivity index (χ2n) is 11.1. The molecule has 1 unspecified atom stereocenters. The van der Waals surface area contributed by atoms with Crippen LogP contribution in [0.1, 0.15) is 174 Å². The highest BCUT2D eigenvalue weighted by atomic mass is 16.5. The van der Waals surface area contributed by atoms with E-state index in [0.29, 0.717) is 6.61 Å². The zero-order valence-corrected chi connectivity index (χ0v) is 24.8. The maximum Gasteiger partial charge on any atom is 0.322 e. The van der Waals surface area contributed by atoms with Gasteiger partial charge in [-0.3, -0.25) is 4.79 Å². The second kappa shape index (κ2) is 30.6. The van der Waals surface area contributed by atoms with E-state index in [-0.39, 0.29) is 5.97 Å². The average Bonchev–Trinajstić information content (AvgIpc) is 2.88. The average molecular weight is 511 g/mol. The van der Waals surface area contributed by atoms with E-state index in [0.717, 1.165) is 45.2 Å². The normalized spacial score (nSPS) is 12.2. The number of nitrogens with two attached hydrogens (primary N) is 1. The van der Waals surface area contributed by atoms with Gasteiger partial charge in [0.2, 0.25) is 0 Å². The van der Waals surface area contributed by atoms with Gasteiger partial charge < -0.3 is 15.8 Å². The van der Waals surface area contributed by atoms with Gasteiger partial charge in [-0.1, -0.05) is 149 Å². The van der Waals surface area contributed by atoms with Crippen LogP contribution >= 0.6 is 0 Å². The minimum atomic E-state index is -0.454. The van der Waals surface area contributed by atoms with Crippen LogP contribution in [0.4, 0.5) is 0 Å². The van der Waals surface area contributed by atoms with Gasteiger partial charge in [0.25, 0.3) is 0 Å². The Balaban J connectivity index is 3.28. The van der Waals surface area contributed by atoms with E-state index in [1.165, 1.54) is 128 Å². The Bertz CT molecular complexity index is 430. The summed E-state index contributed by atoms with van der Waals surface area (Å²) in [6.07, 6.45) is 32.4. The Kier molecular flexibility index (Phi) is 30.1. The van der Waals surface area contributed by atoms with E-state index in [1.54, 1.807) is 0 Å². The summed E-state index contributed by atoms with van der Waals surface area (Å²) in [4.78, 5) is 12.1. The highest BCUT2D eigenvalue weighted by molar-refractivity contribution is 5.75. The number of carbonyl (C=O) groups excluding carboxylic acids is 1. The lowest BCUT2D eigenvalue weighted by molar-refractivity contribution is -0.145. The summed E-state index contributed by atoms with van der Waals surface area (Å²) >= 11 is 0. The van der Waals surface area contributed by atoms with Crippen molar-refractivity contribution in [3.05, 3.63) is 0 Å². The molecule has 0 spiro atoms. The van der Waals surface area contributed by atoms with Crippen molar-refractivity contribution in [2.75, 3.05) is 19.7 Å². The van der Waals surface area contributed by atoms with Crippen molar-refractivity contribution >= 4 is 5.97 Å². The molecule has 36 heavy (non-hydrogen) atoms. The standard InChI is InChI=1S/C32H66N2O2/c1-3-5-7-9-11-13-15-16-18-20-22-26-30-36-32(35)31(33)27-23-25-29-34-28-24-21-19-17-14-12-10-8-6-4-2/h31,34H,3-30,33H2,1-2H3. The number of ether oxygens (including phenoxy) is 1. The lowest BCUT2D eigenvalue weighted by Gasteiger charge is -2.11. The fourth-order valence-corrected chi connectivity index (χ4v) is 4.82. The highest BCUT2D eigenvalue weighted by Crippen LogP contribution is 2.12. The third-order valence-corrected chi connectivity index (χ3v) is 7.37. The maximum atomic E-state index is 12.1. The van der Waals surface area contributed by atoms with Gasteiger partial charge in [-0.25, -0.2) is 0 Å². The predicted molar refractivity (Wildman–Crippen MR) is 159 cm³/mol. The molecular formula is C32H66N2O2. The minimum Gasteiger partial charge on any atom is -0.465 e. The number of hydrogen-bond donors (Lipinski definition) is 2. The second-order valence-corrected chi connectivity index (χ2v) is 11.1. The summed E-state index contributed by atoms with van der Waals surface area (Å²) in [5.74, 6) is -0.212. The molecule has 0 aromatic rings. The molecule has 0 aliphatic heterocycles. The number of hydrogen-bond acceptors (Lipinski definition) is 4. The van der Waals surface area contributed by atoms with Crippen LogP contribution in [-0.4, -0.2) is 31.7 Å². The summed E-state index contributed by atoms with van der Waals surface area (Å²) < 4.78 is 5.39. The Morgan fingerprint density at radius 2 is 0.917 bits per heavy atom. The van der Waals surface area contributed by atoms with Crippen molar-refractivity contribution in [3.8, 4) is 0 Å². The van der Waals surface area contributed by atoms with Gasteiger partial charge in [0.1, 0.15) is 6.04 Å². The number of rotatable bonds is 30. The topological polar surface area (TPSA) is 64.3 Å². The Labute approximate surface area is 226 Å². The first-order valence-corrected chi connectivity index (χ1v) is 16.3.